The predicted molar refractivity (Wildman–Crippen MR) is 130 cm³/mol. The summed E-state index contributed by atoms with van der Waals surface area (Å²) in [6, 6.07) is 16.9. The molecule has 0 aliphatic carbocycles. The van der Waals surface area contributed by atoms with E-state index in [0.717, 1.165) is 29.8 Å². The predicted octanol–water partition coefficient (Wildman–Crippen LogP) is 3.98. The van der Waals surface area contributed by atoms with E-state index < -0.39 is 6.04 Å². The summed E-state index contributed by atoms with van der Waals surface area (Å²) >= 11 is 1.32. The van der Waals surface area contributed by atoms with Crippen molar-refractivity contribution < 1.29 is 19.1 Å². The molecule has 34 heavy (non-hydrogen) atoms. The number of ether oxygens (including phenoxy) is 2. The van der Waals surface area contributed by atoms with Gasteiger partial charge in [-0.3, -0.25) is 9.36 Å². The molecule has 2 aromatic carbocycles. The number of likely N-dealkylation sites (tertiary alicyclic amines) is 1. The topological polar surface area (TPSA) is 86.6 Å². The standard InChI is InChI=1S/C25H28N4O4S/c1-3-33-24(31)21-11-7-8-16-28(21)22(30)17-34-25-27-26-23(18-12-14-20(32-2)15-13-18)29(25)19-9-5-4-6-10-19/h4-6,9-10,12-15,21H,3,7-8,11,16-17H2,1-2H3. The number of aromatic nitrogens is 3. The van der Waals surface area contributed by atoms with E-state index in [0.29, 0.717) is 30.6 Å². The maximum atomic E-state index is 13.1. The van der Waals surface area contributed by atoms with Gasteiger partial charge in [-0.15, -0.1) is 10.2 Å². The number of amides is 1. The highest BCUT2D eigenvalue weighted by molar-refractivity contribution is 7.99. The van der Waals surface area contributed by atoms with Crippen molar-refractivity contribution >= 4 is 23.6 Å². The summed E-state index contributed by atoms with van der Waals surface area (Å²) in [6.07, 6.45) is 2.43. The van der Waals surface area contributed by atoms with Crippen LogP contribution in [0.15, 0.2) is 59.8 Å². The molecule has 1 fully saturated rings. The van der Waals surface area contributed by atoms with Crippen LogP contribution in [-0.4, -0.2) is 63.6 Å². The SMILES string of the molecule is CCOC(=O)C1CCCCN1C(=O)CSc1nnc(-c2ccc(OC)cc2)n1-c1ccccc1. The molecule has 3 aromatic rings. The molecule has 0 N–H and O–H groups in total. The molecule has 9 heteroatoms. The Balaban J connectivity index is 1.57. The number of nitrogens with zero attached hydrogens (tertiary/aromatic N) is 4. The lowest BCUT2D eigenvalue weighted by Crippen LogP contribution is -2.49. The summed E-state index contributed by atoms with van der Waals surface area (Å²) in [5.41, 5.74) is 1.78. The summed E-state index contributed by atoms with van der Waals surface area (Å²) in [7, 11) is 1.63. The molecule has 1 unspecified atom stereocenters. The average molecular weight is 481 g/mol. The van der Waals surface area contributed by atoms with Gasteiger partial charge >= 0.3 is 5.97 Å². The molecule has 1 saturated heterocycles. The second-order valence-electron chi connectivity index (χ2n) is 7.85. The molecule has 0 radical (unpaired) electrons. The Labute approximate surface area is 203 Å². The summed E-state index contributed by atoms with van der Waals surface area (Å²) in [5.74, 6) is 1.16. The number of rotatable bonds is 8. The molecule has 2 heterocycles. The Morgan fingerprint density at radius 1 is 1.06 bits per heavy atom. The van der Waals surface area contributed by atoms with Crippen molar-refractivity contribution in [3.05, 3.63) is 54.6 Å². The van der Waals surface area contributed by atoms with E-state index in [1.165, 1.54) is 11.8 Å². The van der Waals surface area contributed by atoms with Crippen LogP contribution in [-0.2, 0) is 14.3 Å². The minimum atomic E-state index is -0.511. The number of piperidine rings is 1. The number of thioether (sulfide) groups is 1. The maximum absolute atomic E-state index is 13.1. The van der Waals surface area contributed by atoms with Crippen LogP contribution in [0.5, 0.6) is 5.75 Å². The van der Waals surface area contributed by atoms with Crippen LogP contribution in [0, 0.1) is 0 Å². The first-order valence-corrected chi connectivity index (χ1v) is 12.3. The van der Waals surface area contributed by atoms with E-state index >= 15 is 0 Å². The number of carbonyl (C=O) groups excluding carboxylic acids is 2. The summed E-state index contributed by atoms with van der Waals surface area (Å²) < 4.78 is 12.4. The van der Waals surface area contributed by atoms with Crippen molar-refractivity contribution in [1.82, 2.24) is 19.7 Å². The summed E-state index contributed by atoms with van der Waals surface area (Å²) in [4.78, 5) is 27.1. The Morgan fingerprint density at radius 2 is 1.82 bits per heavy atom. The fourth-order valence-electron chi connectivity index (χ4n) is 4.02. The van der Waals surface area contributed by atoms with Crippen LogP contribution in [0.2, 0.25) is 0 Å². The Hall–Kier alpha value is -3.33. The molecule has 1 aliphatic heterocycles. The number of esters is 1. The molecule has 8 nitrogen and oxygen atoms in total. The van der Waals surface area contributed by atoms with Gasteiger partial charge in [0.1, 0.15) is 11.8 Å². The van der Waals surface area contributed by atoms with E-state index in [-0.39, 0.29) is 17.6 Å². The average Bonchev–Trinajstić information content (AvgIpc) is 3.32. The largest absolute Gasteiger partial charge is 0.497 e. The zero-order chi connectivity index (χ0) is 23.9. The third-order valence-electron chi connectivity index (χ3n) is 5.70. The maximum Gasteiger partial charge on any atom is 0.328 e. The zero-order valence-corrected chi connectivity index (χ0v) is 20.2. The third-order valence-corrected chi connectivity index (χ3v) is 6.62. The normalized spacial score (nSPS) is 15.7. The Bertz CT molecular complexity index is 1120. The highest BCUT2D eigenvalue weighted by Crippen LogP contribution is 2.29. The highest BCUT2D eigenvalue weighted by Gasteiger charge is 2.33. The van der Waals surface area contributed by atoms with Crippen LogP contribution in [0.25, 0.3) is 17.1 Å². The lowest BCUT2D eigenvalue weighted by molar-refractivity contribution is -0.155. The van der Waals surface area contributed by atoms with Crippen LogP contribution < -0.4 is 4.74 Å². The van der Waals surface area contributed by atoms with Crippen molar-refractivity contribution in [1.29, 1.82) is 0 Å². The van der Waals surface area contributed by atoms with E-state index in [4.69, 9.17) is 9.47 Å². The van der Waals surface area contributed by atoms with Gasteiger partial charge < -0.3 is 14.4 Å². The molecular formula is C25H28N4O4S. The minimum Gasteiger partial charge on any atom is -0.497 e. The number of hydrogen-bond donors (Lipinski definition) is 0. The molecule has 4 rings (SSSR count). The first-order valence-electron chi connectivity index (χ1n) is 11.4. The lowest BCUT2D eigenvalue weighted by Gasteiger charge is -2.33. The fourth-order valence-corrected chi connectivity index (χ4v) is 4.86. The molecule has 1 atom stereocenters. The molecule has 1 aromatic heterocycles. The van der Waals surface area contributed by atoms with Gasteiger partial charge in [-0.1, -0.05) is 30.0 Å². The minimum absolute atomic E-state index is 0.101. The first-order chi connectivity index (χ1) is 16.6. The van der Waals surface area contributed by atoms with Gasteiger partial charge in [-0.25, -0.2) is 4.79 Å². The van der Waals surface area contributed by atoms with E-state index in [2.05, 4.69) is 10.2 Å². The van der Waals surface area contributed by atoms with Crippen molar-refractivity contribution in [2.75, 3.05) is 26.0 Å². The quantitative estimate of drug-likeness (QED) is 0.356. The summed E-state index contributed by atoms with van der Waals surface area (Å²) in [6.45, 7) is 2.64. The Kier molecular flexibility index (Phi) is 7.84. The molecule has 1 aliphatic rings. The van der Waals surface area contributed by atoms with Crippen molar-refractivity contribution in [3.8, 4) is 22.8 Å². The second kappa shape index (κ2) is 11.2. The molecule has 0 spiro atoms. The molecular weight excluding hydrogens is 452 g/mol. The van der Waals surface area contributed by atoms with Crippen molar-refractivity contribution in [2.45, 2.75) is 37.4 Å². The second-order valence-corrected chi connectivity index (χ2v) is 8.79. The van der Waals surface area contributed by atoms with Gasteiger partial charge in [0, 0.05) is 17.8 Å². The van der Waals surface area contributed by atoms with Crippen LogP contribution in [0.1, 0.15) is 26.2 Å². The molecule has 1 amide bonds. The van der Waals surface area contributed by atoms with Crippen LogP contribution in [0.3, 0.4) is 0 Å². The fraction of sp³-hybridized carbons (Fsp3) is 0.360. The van der Waals surface area contributed by atoms with Gasteiger partial charge in [0.05, 0.1) is 19.5 Å². The van der Waals surface area contributed by atoms with Gasteiger partial charge in [-0.2, -0.15) is 0 Å². The van der Waals surface area contributed by atoms with E-state index in [1.54, 1.807) is 18.9 Å². The highest BCUT2D eigenvalue weighted by atomic mass is 32.2. The summed E-state index contributed by atoms with van der Waals surface area (Å²) in [5, 5.41) is 9.43. The van der Waals surface area contributed by atoms with Crippen molar-refractivity contribution in [2.24, 2.45) is 0 Å². The number of methoxy groups -OCH3 is 1. The molecule has 0 bridgehead atoms. The monoisotopic (exact) mass is 480 g/mol. The number of benzene rings is 2. The van der Waals surface area contributed by atoms with Gasteiger partial charge in [0.15, 0.2) is 11.0 Å². The van der Waals surface area contributed by atoms with E-state index in [1.807, 2.05) is 59.2 Å². The van der Waals surface area contributed by atoms with Crippen LogP contribution in [0.4, 0.5) is 0 Å². The van der Waals surface area contributed by atoms with Gasteiger partial charge in [0.2, 0.25) is 5.91 Å². The lowest BCUT2D eigenvalue weighted by atomic mass is 10.0. The van der Waals surface area contributed by atoms with E-state index in [9.17, 15) is 9.59 Å². The van der Waals surface area contributed by atoms with Gasteiger partial charge in [-0.05, 0) is 62.6 Å². The van der Waals surface area contributed by atoms with Crippen molar-refractivity contribution in [3.63, 3.8) is 0 Å². The number of carbonyl (C=O) groups is 2. The smallest absolute Gasteiger partial charge is 0.328 e. The first kappa shape index (κ1) is 23.8. The number of hydrogen-bond acceptors (Lipinski definition) is 7. The van der Waals surface area contributed by atoms with Gasteiger partial charge in [0.25, 0.3) is 0 Å². The van der Waals surface area contributed by atoms with Crippen LogP contribution >= 0.6 is 11.8 Å². The molecule has 178 valence electrons. The zero-order valence-electron chi connectivity index (χ0n) is 19.3. The Morgan fingerprint density at radius 3 is 2.53 bits per heavy atom. The number of para-hydroxylation sites is 1. The molecule has 0 saturated carbocycles. The third kappa shape index (κ3) is 5.25.